The van der Waals surface area contributed by atoms with E-state index in [0.29, 0.717) is 24.1 Å². The molecule has 5 rings (SSSR count). The molecule has 2 fully saturated rings. The van der Waals surface area contributed by atoms with Crippen molar-refractivity contribution in [3.05, 3.63) is 48.0 Å². The van der Waals surface area contributed by atoms with Gasteiger partial charge in [-0.05, 0) is 48.3 Å². The second kappa shape index (κ2) is 12.1. The number of ether oxygens (including phenoxy) is 3. The number of phenolic OH excluding ortho intramolecular Hbond substituents is 1. The third-order valence-electron chi connectivity index (χ3n) is 7.96. The standard InChI is InChI=1S/C29H36N2O9/c1-38-18-11-17-12-19(16-5-2-3-6-16)24(20(33)7-4-9-31-10-8-30-15-31)26(35)23(17)21(13-18)39-29-28(37)27(36)25(34)22(14-32)40-29/h8,10-13,15-16,22,25,27-29,32,34-37H,2-7,9,14H2,1H3/t22-,25-,27+,28-,29+/m1/s1. The minimum Gasteiger partial charge on any atom is -0.506 e. The van der Waals surface area contributed by atoms with Crippen LogP contribution in [0.15, 0.2) is 36.9 Å². The van der Waals surface area contributed by atoms with Crippen LogP contribution in [0, 0.1) is 0 Å². The van der Waals surface area contributed by atoms with E-state index in [4.69, 9.17) is 14.2 Å². The Hall–Kier alpha value is -3.22. The Kier molecular flexibility index (Phi) is 8.57. The van der Waals surface area contributed by atoms with E-state index in [1.807, 2.05) is 16.8 Å². The van der Waals surface area contributed by atoms with Crippen LogP contribution < -0.4 is 9.47 Å². The summed E-state index contributed by atoms with van der Waals surface area (Å²) in [6, 6.07) is 5.13. The predicted molar refractivity (Wildman–Crippen MR) is 144 cm³/mol. The largest absolute Gasteiger partial charge is 0.506 e. The number of imidazole rings is 1. The van der Waals surface area contributed by atoms with Gasteiger partial charge in [-0.3, -0.25) is 4.79 Å². The smallest absolute Gasteiger partial charge is 0.229 e. The number of phenols is 1. The van der Waals surface area contributed by atoms with E-state index < -0.39 is 37.3 Å². The average Bonchev–Trinajstić information content (AvgIpc) is 3.68. The van der Waals surface area contributed by atoms with E-state index in [-0.39, 0.29) is 40.6 Å². The maximum Gasteiger partial charge on any atom is 0.229 e. The molecule has 2 heterocycles. The highest BCUT2D eigenvalue weighted by Gasteiger charge is 2.45. The summed E-state index contributed by atoms with van der Waals surface area (Å²) in [6.07, 6.45) is 2.42. The first-order chi connectivity index (χ1) is 19.3. The number of methoxy groups -OCH3 is 1. The van der Waals surface area contributed by atoms with Gasteiger partial charge < -0.3 is 44.3 Å². The van der Waals surface area contributed by atoms with Crippen LogP contribution in [0.4, 0.5) is 0 Å². The molecule has 11 heteroatoms. The molecular formula is C29H36N2O9. The normalized spacial score (nSPS) is 25.4. The van der Waals surface area contributed by atoms with Crippen molar-refractivity contribution in [3.63, 3.8) is 0 Å². The Bertz CT molecular complexity index is 1320. The molecule has 2 aromatic carbocycles. The number of aromatic nitrogens is 2. The Balaban J connectivity index is 1.55. The maximum atomic E-state index is 13.6. The molecule has 0 unspecified atom stereocenters. The molecule has 1 aliphatic heterocycles. The molecule has 0 radical (unpaired) electrons. The van der Waals surface area contributed by atoms with Crippen molar-refractivity contribution in [2.45, 2.75) is 81.7 Å². The minimum atomic E-state index is -1.65. The molecule has 1 saturated carbocycles. The van der Waals surface area contributed by atoms with Gasteiger partial charge in [-0.25, -0.2) is 4.98 Å². The SMILES string of the molecule is COc1cc(O[C@H]2O[C@H](CO)[C@@H](O)[C@H](O)[C@H]2O)c2c(O)c(C(=O)CCCn3ccnc3)c(C3CCCC3)cc2c1. The zero-order valence-electron chi connectivity index (χ0n) is 22.3. The van der Waals surface area contributed by atoms with Crippen LogP contribution >= 0.6 is 0 Å². The molecule has 3 aromatic rings. The van der Waals surface area contributed by atoms with Crippen molar-refractivity contribution >= 4 is 16.6 Å². The van der Waals surface area contributed by atoms with Crippen molar-refractivity contribution in [2.24, 2.45) is 0 Å². The van der Waals surface area contributed by atoms with E-state index in [1.54, 1.807) is 18.6 Å². The van der Waals surface area contributed by atoms with Crippen LogP contribution in [-0.2, 0) is 11.3 Å². The van der Waals surface area contributed by atoms with E-state index in [2.05, 4.69) is 4.98 Å². The Morgan fingerprint density at radius 3 is 2.58 bits per heavy atom. The zero-order valence-corrected chi connectivity index (χ0v) is 22.3. The van der Waals surface area contributed by atoms with Crippen molar-refractivity contribution in [1.29, 1.82) is 0 Å². The number of Topliss-reactive ketones (excluding diaryl/α,β-unsaturated/α-hetero) is 1. The first-order valence-corrected chi connectivity index (χ1v) is 13.7. The first-order valence-electron chi connectivity index (χ1n) is 13.7. The molecule has 5 atom stereocenters. The lowest BCUT2D eigenvalue weighted by Crippen LogP contribution is -2.60. The molecule has 11 nitrogen and oxygen atoms in total. The number of hydrogen-bond donors (Lipinski definition) is 5. The predicted octanol–water partition coefficient (Wildman–Crippen LogP) is 2.25. The van der Waals surface area contributed by atoms with Gasteiger partial charge >= 0.3 is 0 Å². The number of fused-ring (bicyclic) bond motifs is 1. The van der Waals surface area contributed by atoms with Crippen LogP contribution in [0.1, 0.15) is 60.4 Å². The molecule has 5 N–H and O–H groups in total. The summed E-state index contributed by atoms with van der Waals surface area (Å²) in [4.78, 5) is 17.7. The second-order valence-corrected chi connectivity index (χ2v) is 10.5. The van der Waals surface area contributed by atoms with Crippen LogP contribution in [-0.4, -0.2) is 85.3 Å². The fraction of sp³-hybridized carbons (Fsp3) is 0.517. The van der Waals surface area contributed by atoms with Gasteiger partial charge in [0.25, 0.3) is 0 Å². The monoisotopic (exact) mass is 556 g/mol. The van der Waals surface area contributed by atoms with E-state index in [1.165, 1.54) is 13.2 Å². The van der Waals surface area contributed by atoms with E-state index in [9.17, 15) is 30.3 Å². The summed E-state index contributed by atoms with van der Waals surface area (Å²) in [7, 11) is 1.48. The lowest BCUT2D eigenvalue weighted by molar-refractivity contribution is -0.277. The Morgan fingerprint density at radius 2 is 1.90 bits per heavy atom. The molecule has 0 amide bonds. The topological polar surface area (TPSA) is 164 Å². The number of hydrogen-bond acceptors (Lipinski definition) is 10. The summed E-state index contributed by atoms with van der Waals surface area (Å²) in [6.45, 7) is -0.00109. The summed E-state index contributed by atoms with van der Waals surface area (Å²) in [5.41, 5.74) is 1.05. The summed E-state index contributed by atoms with van der Waals surface area (Å²) in [5, 5.41) is 53.0. The van der Waals surface area contributed by atoms with Gasteiger partial charge in [0.05, 0.1) is 31.0 Å². The summed E-state index contributed by atoms with van der Waals surface area (Å²) < 4.78 is 18.9. The van der Waals surface area contributed by atoms with Gasteiger partial charge in [-0.15, -0.1) is 0 Å². The van der Waals surface area contributed by atoms with E-state index in [0.717, 1.165) is 31.2 Å². The molecule has 40 heavy (non-hydrogen) atoms. The van der Waals surface area contributed by atoms with Gasteiger partial charge in [0.2, 0.25) is 6.29 Å². The molecule has 1 aliphatic carbocycles. The highest BCUT2D eigenvalue weighted by atomic mass is 16.7. The first kappa shape index (κ1) is 28.3. The van der Waals surface area contributed by atoms with Gasteiger partial charge in [0.15, 0.2) is 5.78 Å². The van der Waals surface area contributed by atoms with Crippen LogP contribution in [0.2, 0.25) is 0 Å². The number of aryl methyl sites for hydroxylation is 1. The van der Waals surface area contributed by atoms with Gasteiger partial charge in [-0.2, -0.15) is 0 Å². The highest BCUT2D eigenvalue weighted by Crippen LogP contribution is 2.46. The number of carbonyl (C=O) groups excluding carboxylic acids is 1. The molecule has 2 aliphatic rings. The third kappa shape index (κ3) is 5.52. The number of ketones is 1. The number of aliphatic hydroxyl groups excluding tert-OH is 4. The fourth-order valence-electron chi connectivity index (χ4n) is 5.80. The minimum absolute atomic E-state index is 0.0571. The van der Waals surface area contributed by atoms with Crippen molar-refractivity contribution < 1.29 is 44.5 Å². The highest BCUT2D eigenvalue weighted by molar-refractivity contribution is 6.08. The van der Waals surface area contributed by atoms with Gasteiger partial charge in [0, 0.05) is 31.4 Å². The molecule has 0 bridgehead atoms. The number of rotatable bonds is 10. The van der Waals surface area contributed by atoms with Crippen molar-refractivity contribution in [3.8, 4) is 17.2 Å². The number of benzene rings is 2. The Labute approximate surface area is 231 Å². The van der Waals surface area contributed by atoms with E-state index >= 15 is 0 Å². The van der Waals surface area contributed by atoms with Crippen molar-refractivity contribution in [2.75, 3.05) is 13.7 Å². The summed E-state index contributed by atoms with van der Waals surface area (Å²) >= 11 is 0. The molecule has 0 spiro atoms. The van der Waals surface area contributed by atoms with Gasteiger partial charge in [0.1, 0.15) is 41.7 Å². The molecule has 1 aromatic heterocycles. The van der Waals surface area contributed by atoms with Crippen LogP contribution in [0.25, 0.3) is 10.8 Å². The van der Waals surface area contributed by atoms with Crippen LogP contribution in [0.5, 0.6) is 17.2 Å². The lowest BCUT2D eigenvalue weighted by Gasteiger charge is -2.39. The average molecular weight is 557 g/mol. The number of carbonyl (C=O) groups is 1. The van der Waals surface area contributed by atoms with Gasteiger partial charge in [-0.1, -0.05) is 12.8 Å². The molecular weight excluding hydrogens is 520 g/mol. The second-order valence-electron chi connectivity index (χ2n) is 10.5. The quantitative estimate of drug-likeness (QED) is 0.234. The molecule has 216 valence electrons. The number of aliphatic hydroxyl groups is 4. The zero-order chi connectivity index (χ0) is 28.4. The van der Waals surface area contributed by atoms with Crippen LogP contribution in [0.3, 0.4) is 0 Å². The summed E-state index contributed by atoms with van der Waals surface area (Å²) in [5.74, 6) is 0.180. The fourth-order valence-corrected chi connectivity index (χ4v) is 5.80. The third-order valence-corrected chi connectivity index (χ3v) is 7.96. The Morgan fingerprint density at radius 1 is 1.12 bits per heavy atom. The molecule has 1 saturated heterocycles. The van der Waals surface area contributed by atoms with Crippen molar-refractivity contribution in [1.82, 2.24) is 9.55 Å². The number of aromatic hydroxyl groups is 1. The number of nitrogens with zero attached hydrogens (tertiary/aromatic N) is 2. The maximum absolute atomic E-state index is 13.6. The lowest BCUT2D eigenvalue weighted by atomic mass is 9.86.